The minimum Gasteiger partial charge on any atom is -0.485 e. The molecule has 2 amide bonds. The van der Waals surface area contributed by atoms with Gasteiger partial charge in [0.2, 0.25) is 5.60 Å². The molecular weight excluding hydrogens is 496 g/mol. The van der Waals surface area contributed by atoms with Crippen molar-refractivity contribution in [3.05, 3.63) is 65.7 Å². The van der Waals surface area contributed by atoms with Crippen molar-refractivity contribution in [3.63, 3.8) is 0 Å². The Hall–Kier alpha value is -3.87. The van der Waals surface area contributed by atoms with E-state index >= 15 is 0 Å². The van der Waals surface area contributed by atoms with Crippen molar-refractivity contribution in [1.29, 1.82) is 5.41 Å². The van der Waals surface area contributed by atoms with Crippen molar-refractivity contribution in [2.75, 3.05) is 17.2 Å². The van der Waals surface area contributed by atoms with Crippen LogP contribution in [0.5, 0.6) is 5.75 Å². The van der Waals surface area contributed by atoms with Gasteiger partial charge in [-0.15, -0.1) is 0 Å². The zero-order chi connectivity index (χ0) is 27.0. The van der Waals surface area contributed by atoms with Crippen molar-refractivity contribution in [2.24, 2.45) is 0 Å². The summed E-state index contributed by atoms with van der Waals surface area (Å²) in [5, 5.41) is 21.8. The monoisotopic (exact) mass is 517 g/mol. The number of hydrogen-bond acceptors (Lipinski definition) is 5. The molecule has 194 valence electrons. The van der Waals surface area contributed by atoms with Gasteiger partial charge >= 0.3 is 0 Å². The summed E-state index contributed by atoms with van der Waals surface area (Å²) in [5.41, 5.74) is -5.44. The molecule has 0 aliphatic rings. The van der Waals surface area contributed by atoms with E-state index in [1.807, 2.05) is 0 Å². The Labute approximate surface area is 201 Å². The van der Waals surface area contributed by atoms with Crippen LogP contribution in [-0.4, -0.2) is 48.5 Å². The maximum absolute atomic E-state index is 13.0. The lowest BCUT2D eigenvalue weighted by Gasteiger charge is -2.26. The van der Waals surface area contributed by atoms with Crippen LogP contribution in [0.4, 0.5) is 37.7 Å². The molecule has 0 saturated heterocycles. The SMILES string of the molecule is CC(=N)/C=C(/C(=O)Nc1ccc(C(O)(C(F)F)C(F)F)cc1)C(=O)Nc1ccccc1OCC(F)F. The number of aliphatic hydroxyl groups is 1. The van der Waals surface area contributed by atoms with E-state index in [9.17, 15) is 41.0 Å². The summed E-state index contributed by atoms with van der Waals surface area (Å²) in [4.78, 5) is 25.5. The third kappa shape index (κ3) is 7.07. The predicted octanol–water partition coefficient (Wildman–Crippen LogP) is 4.59. The summed E-state index contributed by atoms with van der Waals surface area (Å²) in [6.45, 7) is 0.322. The van der Waals surface area contributed by atoms with E-state index < -0.39 is 54.4 Å². The van der Waals surface area contributed by atoms with Crippen LogP contribution in [0.1, 0.15) is 12.5 Å². The number of ether oxygens (including phenoxy) is 1. The largest absolute Gasteiger partial charge is 0.485 e. The van der Waals surface area contributed by atoms with Gasteiger partial charge in [-0.1, -0.05) is 24.3 Å². The minimum absolute atomic E-state index is 0.0351. The van der Waals surface area contributed by atoms with Crippen LogP contribution in [0.25, 0.3) is 0 Å². The van der Waals surface area contributed by atoms with Gasteiger partial charge in [0.15, 0.2) is 0 Å². The Morgan fingerprint density at radius 2 is 1.53 bits per heavy atom. The van der Waals surface area contributed by atoms with Gasteiger partial charge in [0, 0.05) is 11.4 Å². The van der Waals surface area contributed by atoms with E-state index in [2.05, 4.69) is 10.6 Å². The molecular formula is C23H21F6N3O4. The second kappa shape index (κ2) is 12.2. The first-order chi connectivity index (χ1) is 16.9. The van der Waals surface area contributed by atoms with Crippen molar-refractivity contribution in [1.82, 2.24) is 0 Å². The summed E-state index contributed by atoms with van der Waals surface area (Å²) in [5.74, 6) is -2.19. The first kappa shape index (κ1) is 28.4. The molecule has 2 aromatic carbocycles. The number of benzene rings is 2. The molecule has 0 saturated carbocycles. The van der Waals surface area contributed by atoms with Crippen molar-refractivity contribution >= 4 is 28.9 Å². The first-order valence-corrected chi connectivity index (χ1v) is 10.1. The number of halogens is 6. The van der Waals surface area contributed by atoms with Crippen LogP contribution in [0, 0.1) is 5.41 Å². The third-order valence-corrected chi connectivity index (χ3v) is 4.62. The highest BCUT2D eigenvalue weighted by Gasteiger charge is 2.48. The Bertz CT molecular complexity index is 1120. The Morgan fingerprint density at radius 1 is 0.972 bits per heavy atom. The van der Waals surface area contributed by atoms with Crippen LogP contribution in [0.3, 0.4) is 0 Å². The predicted molar refractivity (Wildman–Crippen MR) is 119 cm³/mol. The average Bonchev–Trinajstić information content (AvgIpc) is 2.81. The lowest BCUT2D eigenvalue weighted by Crippen LogP contribution is -2.41. The molecule has 0 aromatic heterocycles. The molecule has 2 rings (SSSR count). The minimum atomic E-state index is -3.79. The van der Waals surface area contributed by atoms with Crippen LogP contribution in [-0.2, 0) is 15.2 Å². The molecule has 4 N–H and O–H groups in total. The highest BCUT2D eigenvalue weighted by Crippen LogP contribution is 2.35. The number of rotatable bonds is 11. The van der Waals surface area contributed by atoms with E-state index in [-0.39, 0.29) is 22.8 Å². The van der Waals surface area contributed by atoms with Gasteiger partial charge in [-0.05, 0) is 42.8 Å². The molecule has 36 heavy (non-hydrogen) atoms. The van der Waals surface area contributed by atoms with Gasteiger partial charge < -0.3 is 25.9 Å². The topological polar surface area (TPSA) is 112 Å². The number of amides is 2. The van der Waals surface area contributed by atoms with E-state index in [0.29, 0.717) is 0 Å². The smallest absolute Gasteiger partial charge is 0.276 e. The van der Waals surface area contributed by atoms with E-state index in [4.69, 9.17) is 10.1 Å². The van der Waals surface area contributed by atoms with Crippen molar-refractivity contribution < 1.29 is 45.8 Å². The van der Waals surface area contributed by atoms with Gasteiger partial charge in [0.25, 0.3) is 31.1 Å². The molecule has 0 spiro atoms. The third-order valence-electron chi connectivity index (χ3n) is 4.62. The molecule has 0 aliphatic carbocycles. The van der Waals surface area contributed by atoms with Crippen LogP contribution < -0.4 is 15.4 Å². The summed E-state index contributed by atoms with van der Waals surface area (Å²) in [6.07, 6.45) is -9.45. The number of para-hydroxylation sites is 2. The summed E-state index contributed by atoms with van der Waals surface area (Å²) < 4.78 is 82.0. The number of anilines is 2. The average molecular weight is 517 g/mol. The summed E-state index contributed by atoms with van der Waals surface area (Å²) in [6, 6.07) is 9.02. The highest BCUT2D eigenvalue weighted by atomic mass is 19.3. The molecule has 7 nitrogen and oxygen atoms in total. The number of alkyl halides is 6. The number of allylic oxidation sites excluding steroid dienone is 1. The number of carbonyl (C=O) groups excluding carboxylic acids is 2. The van der Waals surface area contributed by atoms with Crippen molar-refractivity contribution in [3.8, 4) is 5.75 Å². The second-order valence-electron chi connectivity index (χ2n) is 7.35. The van der Waals surface area contributed by atoms with Crippen molar-refractivity contribution in [2.45, 2.75) is 31.8 Å². The van der Waals surface area contributed by atoms with E-state index in [1.54, 1.807) is 0 Å². The lowest BCUT2D eigenvalue weighted by molar-refractivity contribution is -0.183. The molecule has 0 unspecified atom stereocenters. The van der Waals surface area contributed by atoms with E-state index in [1.165, 1.54) is 31.2 Å². The molecule has 2 aromatic rings. The number of carbonyl (C=O) groups is 2. The van der Waals surface area contributed by atoms with Gasteiger partial charge in [-0.3, -0.25) is 9.59 Å². The van der Waals surface area contributed by atoms with Crippen LogP contribution >= 0.6 is 0 Å². The fraction of sp³-hybridized carbons (Fsp3) is 0.261. The summed E-state index contributed by atoms with van der Waals surface area (Å²) >= 11 is 0. The van der Waals surface area contributed by atoms with E-state index in [0.717, 1.165) is 30.3 Å². The second-order valence-corrected chi connectivity index (χ2v) is 7.35. The summed E-state index contributed by atoms with van der Waals surface area (Å²) in [7, 11) is 0. The standard InChI is InChI=1S/C23H21F6N3O4/c1-12(30)10-15(20(34)32-16-4-2-3-5-17(16)36-11-18(24)25)19(33)31-14-8-6-13(7-9-14)23(35,21(26)27)22(28)29/h2-10,18,21-22,30,35H,11H2,1H3,(H,31,33)(H,32,34)/b15-10-,30-12?. The quantitative estimate of drug-likeness (QED) is 0.115. The molecule has 0 radical (unpaired) electrons. The Morgan fingerprint density at radius 3 is 2.06 bits per heavy atom. The van der Waals surface area contributed by atoms with Crippen LogP contribution in [0.15, 0.2) is 60.2 Å². The molecule has 0 heterocycles. The lowest BCUT2D eigenvalue weighted by atomic mass is 9.94. The highest BCUT2D eigenvalue weighted by molar-refractivity contribution is 6.28. The van der Waals surface area contributed by atoms with Gasteiger partial charge in [0.1, 0.15) is 17.9 Å². The van der Waals surface area contributed by atoms with Gasteiger partial charge in [0.05, 0.1) is 5.69 Å². The molecule has 0 aliphatic heterocycles. The molecule has 0 bridgehead atoms. The number of hydrogen-bond donors (Lipinski definition) is 4. The zero-order valence-electron chi connectivity index (χ0n) is 18.6. The maximum atomic E-state index is 13.0. The maximum Gasteiger partial charge on any atom is 0.276 e. The van der Waals surface area contributed by atoms with Gasteiger partial charge in [-0.25, -0.2) is 26.3 Å². The Kier molecular flexibility index (Phi) is 9.61. The molecule has 13 heteroatoms. The fourth-order valence-electron chi connectivity index (χ4n) is 2.86. The Balaban J connectivity index is 2.24. The normalized spacial score (nSPS) is 12.1. The zero-order valence-corrected chi connectivity index (χ0v) is 18.6. The fourth-order valence-corrected chi connectivity index (χ4v) is 2.86. The van der Waals surface area contributed by atoms with Crippen LogP contribution in [0.2, 0.25) is 0 Å². The molecule has 0 fully saturated rings. The molecule has 0 atom stereocenters. The first-order valence-electron chi connectivity index (χ1n) is 10.1. The number of nitrogens with one attached hydrogen (secondary N) is 3. The van der Waals surface area contributed by atoms with Gasteiger partial charge in [-0.2, -0.15) is 0 Å².